The van der Waals surface area contributed by atoms with Crippen molar-refractivity contribution in [2.24, 2.45) is 0 Å². The predicted octanol–water partition coefficient (Wildman–Crippen LogP) is 3.46. The number of rotatable bonds is 5. The molecular formula is C12H15BrFNOS. The molecule has 1 unspecified atom stereocenters. The van der Waals surface area contributed by atoms with Crippen molar-refractivity contribution in [2.75, 3.05) is 12.0 Å². The van der Waals surface area contributed by atoms with E-state index in [2.05, 4.69) is 21.2 Å². The molecule has 0 saturated heterocycles. The van der Waals surface area contributed by atoms with E-state index in [0.29, 0.717) is 4.47 Å². The van der Waals surface area contributed by atoms with Crippen LogP contribution in [0.15, 0.2) is 22.7 Å². The van der Waals surface area contributed by atoms with E-state index in [1.54, 1.807) is 17.8 Å². The summed E-state index contributed by atoms with van der Waals surface area (Å²) >= 11 is 4.89. The van der Waals surface area contributed by atoms with Gasteiger partial charge in [0.05, 0.1) is 5.56 Å². The zero-order valence-electron chi connectivity index (χ0n) is 9.80. The van der Waals surface area contributed by atoms with Gasteiger partial charge in [0, 0.05) is 16.3 Å². The molecule has 1 N–H and O–H groups in total. The first-order valence-corrected chi connectivity index (χ1v) is 7.52. The summed E-state index contributed by atoms with van der Waals surface area (Å²) in [6.45, 7) is 2.00. The Labute approximate surface area is 113 Å². The molecule has 1 amide bonds. The summed E-state index contributed by atoms with van der Waals surface area (Å²) < 4.78 is 14.2. The summed E-state index contributed by atoms with van der Waals surface area (Å²) in [4.78, 5) is 11.9. The molecule has 5 heteroatoms. The number of thioether (sulfide) groups is 1. The molecule has 1 aromatic rings. The quantitative estimate of drug-likeness (QED) is 0.900. The van der Waals surface area contributed by atoms with E-state index in [-0.39, 0.29) is 17.5 Å². The van der Waals surface area contributed by atoms with Gasteiger partial charge in [0.25, 0.3) is 5.91 Å². The Kier molecular flexibility index (Phi) is 5.98. The van der Waals surface area contributed by atoms with E-state index in [0.717, 1.165) is 12.2 Å². The summed E-state index contributed by atoms with van der Waals surface area (Å²) in [6.07, 6.45) is 2.82. The standard InChI is InChI=1S/C12H15BrFNOS/c1-3-9(7-17-2)15-12(16)10-6-8(13)4-5-11(10)14/h4-6,9H,3,7H2,1-2H3,(H,15,16). The number of amides is 1. The van der Waals surface area contributed by atoms with E-state index in [9.17, 15) is 9.18 Å². The molecule has 0 saturated carbocycles. The zero-order chi connectivity index (χ0) is 12.8. The Balaban J connectivity index is 2.78. The van der Waals surface area contributed by atoms with Crippen LogP contribution in [0.5, 0.6) is 0 Å². The molecule has 17 heavy (non-hydrogen) atoms. The highest BCUT2D eigenvalue weighted by atomic mass is 79.9. The largest absolute Gasteiger partial charge is 0.348 e. The number of hydrogen-bond donors (Lipinski definition) is 1. The van der Waals surface area contributed by atoms with Crippen molar-refractivity contribution in [3.8, 4) is 0 Å². The summed E-state index contributed by atoms with van der Waals surface area (Å²) in [6, 6.07) is 4.44. The first kappa shape index (κ1) is 14.5. The maximum absolute atomic E-state index is 13.5. The van der Waals surface area contributed by atoms with Crippen molar-refractivity contribution in [1.29, 1.82) is 0 Å². The highest BCUT2D eigenvalue weighted by Gasteiger charge is 2.15. The Hall–Kier alpha value is -0.550. The summed E-state index contributed by atoms with van der Waals surface area (Å²) in [5, 5.41) is 2.83. The van der Waals surface area contributed by atoms with Gasteiger partial charge in [-0.1, -0.05) is 22.9 Å². The van der Waals surface area contributed by atoms with Crippen molar-refractivity contribution < 1.29 is 9.18 Å². The second-order valence-corrected chi connectivity index (χ2v) is 5.48. The molecule has 0 aliphatic heterocycles. The van der Waals surface area contributed by atoms with Crippen molar-refractivity contribution in [2.45, 2.75) is 19.4 Å². The number of hydrogen-bond acceptors (Lipinski definition) is 2. The van der Waals surface area contributed by atoms with Gasteiger partial charge in [-0.3, -0.25) is 4.79 Å². The average molecular weight is 320 g/mol. The van der Waals surface area contributed by atoms with Crippen LogP contribution < -0.4 is 5.32 Å². The van der Waals surface area contributed by atoms with Crippen molar-refractivity contribution in [3.63, 3.8) is 0 Å². The van der Waals surface area contributed by atoms with Crippen LogP contribution in [0.25, 0.3) is 0 Å². The second kappa shape index (κ2) is 7.01. The molecule has 0 fully saturated rings. The lowest BCUT2D eigenvalue weighted by molar-refractivity contribution is 0.0936. The molecule has 0 aromatic heterocycles. The minimum atomic E-state index is -0.496. The van der Waals surface area contributed by atoms with E-state index >= 15 is 0 Å². The van der Waals surface area contributed by atoms with Crippen molar-refractivity contribution >= 4 is 33.6 Å². The van der Waals surface area contributed by atoms with Crippen LogP contribution in [0.1, 0.15) is 23.7 Å². The number of benzene rings is 1. The fourth-order valence-electron chi connectivity index (χ4n) is 1.40. The minimum Gasteiger partial charge on any atom is -0.348 e. The van der Waals surface area contributed by atoms with Gasteiger partial charge < -0.3 is 5.32 Å². The van der Waals surface area contributed by atoms with Gasteiger partial charge in [-0.15, -0.1) is 0 Å². The fraction of sp³-hybridized carbons (Fsp3) is 0.417. The van der Waals surface area contributed by atoms with Gasteiger partial charge in [-0.25, -0.2) is 4.39 Å². The first-order chi connectivity index (χ1) is 8.08. The summed E-state index contributed by atoms with van der Waals surface area (Å²) in [5.74, 6) is -0.0212. The zero-order valence-corrected chi connectivity index (χ0v) is 12.2. The van der Waals surface area contributed by atoms with Gasteiger partial charge in [0.15, 0.2) is 0 Å². The van der Waals surface area contributed by atoms with Crippen LogP contribution in [-0.2, 0) is 0 Å². The third-order valence-corrected chi connectivity index (χ3v) is 3.60. The Bertz CT molecular complexity index is 400. The topological polar surface area (TPSA) is 29.1 Å². The van der Waals surface area contributed by atoms with Crippen LogP contribution in [-0.4, -0.2) is 24.0 Å². The molecule has 0 heterocycles. The molecule has 0 radical (unpaired) electrons. The third kappa shape index (κ3) is 4.32. The predicted molar refractivity (Wildman–Crippen MR) is 74.0 cm³/mol. The van der Waals surface area contributed by atoms with Crippen LogP contribution in [0.2, 0.25) is 0 Å². The molecule has 1 aromatic carbocycles. The molecule has 1 atom stereocenters. The second-order valence-electron chi connectivity index (χ2n) is 3.66. The summed E-state index contributed by atoms with van der Waals surface area (Å²) in [7, 11) is 0. The minimum absolute atomic E-state index is 0.0795. The Morgan fingerprint density at radius 1 is 1.59 bits per heavy atom. The smallest absolute Gasteiger partial charge is 0.254 e. The SMILES string of the molecule is CCC(CSC)NC(=O)c1cc(Br)ccc1F. The van der Waals surface area contributed by atoms with Gasteiger partial charge in [0.1, 0.15) is 5.82 Å². The van der Waals surface area contributed by atoms with Crippen LogP contribution in [0.3, 0.4) is 0 Å². The molecule has 0 spiro atoms. The van der Waals surface area contributed by atoms with Gasteiger partial charge in [0.2, 0.25) is 0 Å². The maximum atomic E-state index is 13.5. The average Bonchev–Trinajstić information content (AvgIpc) is 2.31. The van der Waals surface area contributed by atoms with Crippen molar-refractivity contribution in [1.82, 2.24) is 5.32 Å². The van der Waals surface area contributed by atoms with E-state index < -0.39 is 5.82 Å². The molecule has 2 nitrogen and oxygen atoms in total. The lowest BCUT2D eigenvalue weighted by atomic mass is 10.1. The van der Waals surface area contributed by atoms with Crippen LogP contribution in [0.4, 0.5) is 4.39 Å². The molecule has 0 bridgehead atoms. The van der Waals surface area contributed by atoms with Crippen molar-refractivity contribution in [3.05, 3.63) is 34.1 Å². The number of halogens is 2. The molecule has 94 valence electrons. The third-order valence-electron chi connectivity index (χ3n) is 2.37. The Morgan fingerprint density at radius 3 is 2.88 bits per heavy atom. The van der Waals surface area contributed by atoms with E-state index in [1.807, 2.05) is 13.2 Å². The van der Waals surface area contributed by atoms with Gasteiger partial charge in [-0.05, 0) is 30.9 Å². The molecular weight excluding hydrogens is 305 g/mol. The van der Waals surface area contributed by atoms with Gasteiger partial charge >= 0.3 is 0 Å². The number of nitrogens with one attached hydrogen (secondary N) is 1. The molecule has 1 rings (SSSR count). The Morgan fingerprint density at radius 2 is 2.29 bits per heavy atom. The highest BCUT2D eigenvalue weighted by molar-refractivity contribution is 9.10. The maximum Gasteiger partial charge on any atom is 0.254 e. The van der Waals surface area contributed by atoms with E-state index in [4.69, 9.17) is 0 Å². The number of carbonyl (C=O) groups excluding carboxylic acids is 1. The lowest BCUT2D eigenvalue weighted by Crippen LogP contribution is -2.36. The van der Waals surface area contributed by atoms with Gasteiger partial charge in [-0.2, -0.15) is 11.8 Å². The highest BCUT2D eigenvalue weighted by Crippen LogP contribution is 2.16. The van der Waals surface area contributed by atoms with E-state index in [1.165, 1.54) is 12.1 Å². The first-order valence-electron chi connectivity index (χ1n) is 5.33. The fourth-order valence-corrected chi connectivity index (χ4v) is 2.48. The lowest BCUT2D eigenvalue weighted by Gasteiger charge is -2.16. The number of carbonyl (C=O) groups is 1. The summed E-state index contributed by atoms with van der Waals surface area (Å²) in [5.41, 5.74) is 0.0823. The van der Waals surface area contributed by atoms with Crippen LogP contribution in [0, 0.1) is 5.82 Å². The normalized spacial score (nSPS) is 12.2. The monoisotopic (exact) mass is 319 g/mol. The molecule has 0 aliphatic rings. The molecule has 0 aliphatic carbocycles. The van der Waals surface area contributed by atoms with Crippen LogP contribution >= 0.6 is 27.7 Å².